The fourth-order valence-electron chi connectivity index (χ4n) is 4.06. The number of nitrogens with zero attached hydrogens (tertiary/aromatic N) is 5. The zero-order valence-electron chi connectivity index (χ0n) is 18.5. The average molecular weight is 421 g/mol. The van der Waals surface area contributed by atoms with E-state index in [-0.39, 0.29) is 11.3 Å². The monoisotopic (exact) mass is 420 g/mol. The van der Waals surface area contributed by atoms with Gasteiger partial charge in [-0.3, -0.25) is 9.36 Å². The maximum Gasteiger partial charge on any atom is 0.352 e. The van der Waals surface area contributed by atoms with Crippen molar-refractivity contribution in [1.29, 1.82) is 0 Å². The van der Waals surface area contributed by atoms with E-state index in [4.69, 9.17) is 0 Å². The topological polar surface area (TPSA) is 73.7 Å². The van der Waals surface area contributed by atoms with Crippen LogP contribution < -0.4 is 26.5 Å². The molecule has 1 aromatic rings. The molecule has 3 heterocycles. The standard InChI is InChI=1S/C24H30N5O2/c1-4-5-13-28-20-16-18(3)17(2)15-19(20)25-21-22(28)26-24(31)29(23(21)30)14-9-12-27-10-7-6-8-11-27/h6-8,10-11,15-18H,4-5,9,12-14H2,1-3H3/q+1. The lowest BCUT2D eigenvalue weighted by molar-refractivity contribution is -0.697. The van der Waals surface area contributed by atoms with E-state index in [9.17, 15) is 9.59 Å². The van der Waals surface area contributed by atoms with Crippen molar-refractivity contribution >= 4 is 12.2 Å². The highest BCUT2D eigenvalue weighted by Crippen LogP contribution is 2.16. The summed E-state index contributed by atoms with van der Waals surface area (Å²) in [4.78, 5) is 35.1. The van der Waals surface area contributed by atoms with Crippen molar-refractivity contribution in [2.24, 2.45) is 11.8 Å². The van der Waals surface area contributed by atoms with Gasteiger partial charge in [0.2, 0.25) is 0 Å². The molecular formula is C24H30N5O2+. The Kier molecular flexibility index (Phi) is 6.11. The van der Waals surface area contributed by atoms with E-state index in [1.54, 1.807) is 0 Å². The molecule has 0 saturated heterocycles. The maximum absolute atomic E-state index is 13.3. The summed E-state index contributed by atoms with van der Waals surface area (Å²) in [5, 5.41) is 1.79. The van der Waals surface area contributed by atoms with Crippen molar-refractivity contribution in [3.05, 3.63) is 62.1 Å². The van der Waals surface area contributed by atoms with Crippen LogP contribution in [0.1, 0.15) is 40.0 Å². The van der Waals surface area contributed by atoms with Gasteiger partial charge in [0.1, 0.15) is 6.54 Å². The smallest absolute Gasteiger partial charge is 0.323 e. The molecule has 0 aromatic carbocycles. The lowest BCUT2D eigenvalue weighted by Crippen LogP contribution is -2.48. The van der Waals surface area contributed by atoms with E-state index in [1.807, 2.05) is 39.7 Å². The van der Waals surface area contributed by atoms with Crippen molar-refractivity contribution in [3.8, 4) is 11.5 Å². The number of hydrogen-bond acceptors (Lipinski definition) is 4. The lowest BCUT2D eigenvalue weighted by atomic mass is 9.92. The molecule has 31 heavy (non-hydrogen) atoms. The summed E-state index contributed by atoms with van der Waals surface area (Å²) in [6, 6.07) is 5.88. The third kappa shape index (κ3) is 4.22. The van der Waals surface area contributed by atoms with Crippen LogP contribution in [0, 0.1) is 11.8 Å². The van der Waals surface area contributed by atoms with Gasteiger partial charge in [-0.2, -0.15) is 4.98 Å². The molecule has 162 valence electrons. The minimum Gasteiger partial charge on any atom is -0.323 e. The Hall–Kier alpha value is -3.09. The van der Waals surface area contributed by atoms with Gasteiger partial charge in [-0.25, -0.2) is 14.3 Å². The van der Waals surface area contributed by atoms with Gasteiger partial charge in [0.15, 0.2) is 23.9 Å². The molecule has 4 rings (SSSR count). The summed E-state index contributed by atoms with van der Waals surface area (Å²) in [6.07, 6.45) is 10.9. The molecule has 2 aliphatic heterocycles. The van der Waals surface area contributed by atoms with E-state index in [2.05, 4.69) is 42.9 Å². The molecule has 7 heteroatoms. The summed E-state index contributed by atoms with van der Waals surface area (Å²) < 4.78 is 5.28. The number of fused-ring (bicyclic) bond motifs is 2. The van der Waals surface area contributed by atoms with Crippen molar-refractivity contribution in [2.75, 3.05) is 0 Å². The Bertz CT molecular complexity index is 1280. The van der Waals surface area contributed by atoms with Crippen LogP contribution in [-0.4, -0.2) is 19.1 Å². The number of unbranched alkanes of at least 4 members (excludes halogenated alkanes) is 1. The predicted molar refractivity (Wildman–Crippen MR) is 120 cm³/mol. The molecule has 0 bridgehead atoms. The summed E-state index contributed by atoms with van der Waals surface area (Å²) in [7, 11) is 0. The summed E-state index contributed by atoms with van der Waals surface area (Å²) in [5.74, 6) is 1.11. The highest BCUT2D eigenvalue weighted by Gasteiger charge is 2.23. The average Bonchev–Trinajstić information content (AvgIpc) is 2.76. The number of hydrogen-bond donors (Lipinski definition) is 0. The van der Waals surface area contributed by atoms with Crippen LogP contribution in [0.15, 0.2) is 40.2 Å². The first-order valence-electron chi connectivity index (χ1n) is 11.2. The normalized spacial score (nSPS) is 17.8. The molecule has 1 aliphatic carbocycles. The van der Waals surface area contributed by atoms with E-state index in [0.717, 1.165) is 30.1 Å². The number of aryl methyl sites for hydroxylation is 1. The SMILES string of the molecule is CCCCn1c2nc(=O)n(CCC[n+]3ccccc3)c(=O)c-2nc2c1=CC(C)C(C)C=2. The van der Waals surface area contributed by atoms with Gasteiger partial charge in [-0.1, -0.05) is 45.4 Å². The third-order valence-electron chi connectivity index (χ3n) is 6.11. The molecule has 0 spiro atoms. The Labute approximate surface area is 181 Å². The van der Waals surface area contributed by atoms with E-state index in [1.165, 1.54) is 4.57 Å². The molecule has 3 aliphatic rings. The zero-order chi connectivity index (χ0) is 22.0. The second kappa shape index (κ2) is 8.96. The van der Waals surface area contributed by atoms with Gasteiger partial charge in [0.25, 0.3) is 5.56 Å². The van der Waals surface area contributed by atoms with Crippen LogP contribution in [0.3, 0.4) is 0 Å². The number of pyridine rings is 1. The van der Waals surface area contributed by atoms with Crippen LogP contribution in [0.5, 0.6) is 0 Å². The van der Waals surface area contributed by atoms with Gasteiger partial charge in [0, 0.05) is 31.6 Å². The van der Waals surface area contributed by atoms with Crippen LogP contribution in [0.4, 0.5) is 0 Å². The van der Waals surface area contributed by atoms with Gasteiger partial charge < -0.3 is 4.57 Å². The van der Waals surface area contributed by atoms with Crippen LogP contribution in [0.25, 0.3) is 23.7 Å². The molecule has 1 aromatic heterocycles. The molecule has 7 nitrogen and oxygen atoms in total. The molecule has 0 saturated carbocycles. The van der Waals surface area contributed by atoms with Crippen molar-refractivity contribution in [2.45, 2.75) is 59.7 Å². The highest BCUT2D eigenvalue weighted by molar-refractivity contribution is 5.52. The van der Waals surface area contributed by atoms with Crippen LogP contribution >= 0.6 is 0 Å². The predicted octanol–water partition coefficient (Wildman–Crippen LogP) is 0.930. The van der Waals surface area contributed by atoms with Gasteiger partial charge >= 0.3 is 5.69 Å². The zero-order valence-corrected chi connectivity index (χ0v) is 18.5. The van der Waals surface area contributed by atoms with Crippen molar-refractivity contribution < 1.29 is 4.57 Å². The van der Waals surface area contributed by atoms with Gasteiger partial charge in [-0.05, 0) is 18.3 Å². The molecular weight excluding hydrogens is 390 g/mol. The maximum atomic E-state index is 13.3. The third-order valence-corrected chi connectivity index (χ3v) is 6.11. The van der Waals surface area contributed by atoms with Gasteiger partial charge in [0.05, 0.1) is 10.7 Å². The Morgan fingerprint density at radius 1 is 0.935 bits per heavy atom. The largest absolute Gasteiger partial charge is 0.352 e. The first-order valence-corrected chi connectivity index (χ1v) is 11.2. The van der Waals surface area contributed by atoms with E-state index >= 15 is 0 Å². The van der Waals surface area contributed by atoms with E-state index < -0.39 is 5.69 Å². The van der Waals surface area contributed by atoms with Gasteiger partial charge in [-0.15, -0.1) is 0 Å². The molecule has 2 atom stereocenters. The Morgan fingerprint density at radius 3 is 2.39 bits per heavy atom. The number of aromatic nitrogens is 5. The molecule has 0 fully saturated rings. The minimum absolute atomic E-state index is 0.285. The molecule has 0 amide bonds. The second-order valence-electron chi connectivity index (χ2n) is 8.43. The van der Waals surface area contributed by atoms with Crippen molar-refractivity contribution in [1.82, 2.24) is 19.1 Å². The summed E-state index contributed by atoms with van der Waals surface area (Å²) in [5.41, 5.74) is -0.558. The van der Waals surface area contributed by atoms with E-state index in [0.29, 0.717) is 37.2 Å². The number of rotatable bonds is 7. The fraction of sp³-hybridized carbons (Fsp3) is 0.458. The Balaban J connectivity index is 1.80. The first-order chi connectivity index (χ1) is 15.0. The quantitative estimate of drug-likeness (QED) is 0.533. The minimum atomic E-state index is -0.497. The van der Waals surface area contributed by atoms with Crippen LogP contribution in [0.2, 0.25) is 0 Å². The summed E-state index contributed by atoms with van der Waals surface area (Å²) >= 11 is 0. The lowest BCUT2D eigenvalue weighted by Gasteiger charge is -2.21. The molecule has 2 unspecified atom stereocenters. The second-order valence-corrected chi connectivity index (χ2v) is 8.43. The van der Waals surface area contributed by atoms with Crippen molar-refractivity contribution in [3.63, 3.8) is 0 Å². The molecule has 0 radical (unpaired) electrons. The Morgan fingerprint density at radius 2 is 1.65 bits per heavy atom. The highest BCUT2D eigenvalue weighted by atomic mass is 16.2. The molecule has 0 N–H and O–H groups in total. The summed E-state index contributed by atoms with van der Waals surface area (Å²) in [6.45, 7) is 8.21. The van der Waals surface area contributed by atoms with Crippen LogP contribution in [-0.2, 0) is 19.6 Å². The first kappa shape index (κ1) is 21.2. The fourth-order valence-corrected chi connectivity index (χ4v) is 4.06.